The molecule has 0 amide bonds. The van der Waals surface area contributed by atoms with Crippen LogP contribution in [0.4, 0.5) is 8.78 Å². The molecule has 3 rings (SSSR count). The van der Waals surface area contributed by atoms with Crippen LogP contribution in [0.1, 0.15) is 88.2 Å². The van der Waals surface area contributed by atoms with Gasteiger partial charge >= 0.3 is 0 Å². The summed E-state index contributed by atoms with van der Waals surface area (Å²) in [5.74, 6) is 1.64. The molecule has 2 aliphatic rings. The summed E-state index contributed by atoms with van der Waals surface area (Å²) in [5, 5.41) is 0. The molecule has 0 aromatic heterocycles. The zero-order chi connectivity index (χ0) is 17.1. The van der Waals surface area contributed by atoms with Crippen LogP contribution in [0.15, 0.2) is 12.1 Å². The summed E-state index contributed by atoms with van der Waals surface area (Å²) in [6.07, 6.45) is 12.8. The van der Waals surface area contributed by atoms with Crippen molar-refractivity contribution in [3.8, 4) is 0 Å². The summed E-state index contributed by atoms with van der Waals surface area (Å²) in [5.41, 5.74) is 1.02. The van der Waals surface area contributed by atoms with Gasteiger partial charge in [0.25, 0.3) is 0 Å². The van der Waals surface area contributed by atoms with Crippen LogP contribution in [0.25, 0.3) is 0 Å². The maximum atomic E-state index is 14.2. The van der Waals surface area contributed by atoms with Crippen molar-refractivity contribution in [2.45, 2.75) is 84.0 Å². The Balaban J connectivity index is 1.54. The number of hydrogen-bond acceptors (Lipinski definition) is 0. The molecule has 2 fully saturated rings. The van der Waals surface area contributed by atoms with Crippen molar-refractivity contribution in [2.24, 2.45) is 17.8 Å². The van der Waals surface area contributed by atoms with E-state index in [0.717, 1.165) is 30.6 Å². The van der Waals surface area contributed by atoms with Crippen molar-refractivity contribution >= 4 is 0 Å². The average Bonchev–Trinajstić information content (AvgIpc) is 2.61. The fourth-order valence-corrected chi connectivity index (χ4v) is 5.23. The third-order valence-corrected chi connectivity index (χ3v) is 6.77. The van der Waals surface area contributed by atoms with E-state index < -0.39 is 11.6 Å². The second-order valence-corrected chi connectivity index (χ2v) is 8.28. The quantitative estimate of drug-likeness (QED) is 0.548. The molecular weight excluding hydrogens is 302 g/mol. The molecule has 2 saturated carbocycles. The Hall–Kier alpha value is -0.920. The molecule has 0 heterocycles. The first-order chi connectivity index (χ1) is 11.6. The second-order valence-electron chi connectivity index (χ2n) is 8.28. The number of hydrogen-bond donors (Lipinski definition) is 0. The van der Waals surface area contributed by atoms with Crippen LogP contribution in [0.3, 0.4) is 0 Å². The Labute approximate surface area is 146 Å². The Kier molecular flexibility index (Phi) is 5.94. The minimum atomic E-state index is -0.649. The molecular formula is C22H32F2. The van der Waals surface area contributed by atoms with E-state index in [2.05, 4.69) is 6.92 Å². The van der Waals surface area contributed by atoms with E-state index in [1.54, 1.807) is 13.0 Å². The van der Waals surface area contributed by atoms with Crippen LogP contribution in [-0.2, 0) is 0 Å². The van der Waals surface area contributed by atoms with Gasteiger partial charge in [-0.2, -0.15) is 0 Å². The Bertz CT molecular complexity index is 535. The molecule has 1 aromatic carbocycles. The molecule has 0 unspecified atom stereocenters. The zero-order valence-corrected chi connectivity index (χ0v) is 15.3. The van der Waals surface area contributed by atoms with Crippen LogP contribution in [0.5, 0.6) is 0 Å². The van der Waals surface area contributed by atoms with Crippen molar-refractivity contribution in [1.29, 1.82) is 0 Å². The van der Waals surface area contributed by atoms with E-state index in [4.69, 9.17) is 0 Å². The molecule has 0 radical (unpaired) electrons. The topological polar surface area (TPSA) is 0 Å². The smallest absolute Gasteiger partial charge is 0.162 e. The maximum Gasteiger partial charge on any atom is 0.162 e. The van der Waals surface area contributed by atoms with Gasteiger partial charge in [0.2, 0.25) is 0 Å². The van der Waals surface area contributed by atoms with E-state index in [9.17, 15) is 8.78 Å². The number of benzene rings is 1. The van der Waals surface area contributed by atoms with Gasteiger partial charge in [0, 0.05) is 0 Å². The summed E-state index contributed by atoms with van der Waals surface area (Å²) in [7, 11) is 0. The van der Waals surface area contributed by atoms with Gasteiger partial charge in [-0.05, 0) is 80.2 Å². The van der Waals surface area contributed by atoms with Gasteiger partial charge in [0.05, 0.1) is 0 Å². The lowest BCUT2D eigenvalue weighted by Crippen LogP contribution is -2.25. The lowest BCUT2D eigenvalue weighted by Gasteiger charge is -2.38. The molecule has 0 atom stereocenters. The van der Waals surface area contributed by atoms with Gasteiger partial charge in [-0.25, -0.2) is 8.78 Å². The molecule has 0 N–H and O–H groups in total. The Morgan fingerprint density at radius 3 is 2.00 bits per heavy atom. The molecule has 0 aliphatic heterocycles. The molecule has 0 spiro atoms. The summed E-state index contributed by atoms with van der Waals surface area (Å²) >= 11 is 0. The zero-order valence-electron chi connectivity index (χ0n) is 15.3. The van der Waals surface area contributed by atoms with Gasteiger partial charge in [0.15, 0.2) is 11.6 Å². The van der Waals surface area contributed by atoms with E-state index in [1.807, 2.05) is 6.07 Å². The summed E-state index contributed by atoms with van der Waals surface area (Å²) in [4.78, 5) is 0. The third-order valence-electron chi connectivity index (χ3n) is 6.77. The van der Waals surface area contributed by atoms with E-state index in [0.29, 0.717) is 11.1 Å². The summed E-state index contributed by atoms with van der Waals surface area (Å²) < 4.78 is 28.1. The van der Waals surface area contributed by atoms with Crippen molar-refractivity contribution in [3.63, 3.8) is 0 Å². The monoisotopic (exact) mass is 334 g/mol. The highest BCUT2D eigenvalue weighted by atomic mass is 19.2. The summed E-state index contributed by atoms with van der Waals surface area (Å²) in [6, 6.07) is 3.55. The van der Waals surface area contributed by atoms with Gasteiger partial charge in [-0.1, -0.05) is 44.7 Å². The van der Waals surface area contributed by atoms with E-state index >= 15 is 0 Å². The SMILES string of the molecule is CCC[C@H]1CC[C@H](C2CCC(c3ccc(C)c(F)c3F)CC2)CC1. The maximum absolute atomic E-state index is 14.2. The van der Waals surface area contributed by atoms with E-state index in [1.165, 1.54) is 51.4 Å². The first-order valence-corrected chi connectivity index (χ1v) is 10.0. The van der Waals surface area contributed by atoms with Crippen LogP contribution >= 0.6 is 0 Å². The van der Waals surface area contributed by atoms with Crippen LogP contribution in [0.2, 0.25) is 0 Å². The molecule has 24 heavy (non-hydrogen) atoms. The lowest BCUT2D eigenvalue weighted by atomic mass is 9.68. The van der Waals surface area contributed by atoms with Gasteiger partial charge in [-0.3, -0.25) is 0 Å². The largest absolute Gasteiger partial charge is 0.203 e. The van der Waals surface area contributed by atoms with Crippen molar-refractivity contribution < 1.29 is 8.78 Å². The minimum absolute atomic E-state index is 0.216. The van der Waals surface area contributed by atoms with Gasteiger partial charge in [0.1, 0.15) is 0 Å². The third kappa shape index (κ3) is 3.83. The lowest BCUT2D eigenvalue weighted by molar-refractivity contribution is 0.156. The van der Waals surface area contributed by atoms with Crippen LogP contribution in [0, 0.1) is 36.3 Å². The number of rotatable bonds is 4. The Morgan fingerprint density at radius 1 is 0.833 bits per heavy atom. The predicted octanol–water partition coefficient (Wildman–Crippen LogP) is 7.15. The molecule has 134 valence electrons. The molecule has 0 nitrogen and oxygen atoms in total. The fourth-order valence-electron chi connectivity index (χ4n) is 5.23. The summed E-state index contributed by atoms with van der Waals surface area (Å²) in [6.45, 7) is 3.92. The minimum Gasteiger partial charge on any atom is -0.203 e. The standard InChI is InChI=1S/C22H32F2/c1-3-4-16-6-8-17(9-7-16)18-10-12-19(13-11-18)20-14-5-15(2)21(23)22(20)24/h5,14,16-19H,3-4,6-13H2,1-2H3/t16-,17-,18?,19?. The average molecular weight is 334 g/mol. The van der Waals surface area contributed by atoms with Gasteiger partial charge in [-0.15, -0.1) is 0 Å². The molecule has 1 aromatic rings. The number of aryl methyl sites for hydroxylation is 1. The highest BCUT2D eigenvalue weighted by Crippen LogP contribution is 2.45. The normalized spacial score (nSPS) is 31.2. The fraction of sp³-hybridized carbons (Fsp3) is 0.727. The van der Waals surface area contributed by atoms with Gasteiger partial charge < -0.3 is 0 Å². The first-order valence-electron chi connectivity index (χ1n) is 10.0. The molecule has 0 bridgehead atoms. The van der Waals surface area contributed by atoms with Crippen molar-refractivity contribution in [3.05, 3.63) is 34.9 Å². The Morgan fingerprint density at radius 2 is 1.42 bits per heavy atom. The highest BCUT2D eigenvalue weighted by Gasteiger charge is 2.32. The number of halogens is 2. The van der Waals surface area contributed by atoms with Crippen LogP contribution < -0.4 is 0 Å². The van der Waals surface area contributed by atoms with E-state index in [-0.39, 0.29) is 5.92 Å². The molecule has 0 saturated heterocycles. The van der Waals surface area contributed by atoms with Crippen LogP contribution in [-0.4, -0.2) is 0 Å². The molecule has 2 aliphatic carbocycles. The second kappa shape index (κ2) is 7.97. The van der Waals surface area contributed by atoms with Crippen molar-refractivity contribution in [2.75, 3.05) is 0 Å². The highest BCUT2D eigenvalue weighted by molar-refractivity contribution is 5.28. The molecule has 2 heteroatoms. The first kappa shape index (κ1) is 17.9. The van der Waals surface area contributed by atoms with Crippen molar-refractivity contribution in [1.82, 2.24) is 0 Å². The predicted molar refractivity (Wildman–Crippen MR) is 96.2 cm³/mol.